The van der Waals surface area contributed by atoms with Crippen molar-refractivity contribution in [1.29, 1.82) is 0 Å². The minimum atomic E-state index is 0.00947. The second-order valence-corrected chi connectivity index (χ2v) is 6.71. The summed E-state index contributed by atoms with van der Waals surface area (Å²) in [6.45, 7) is 4.94. The van der Waals surface area contributed by atoms with Gasteiger partial charge in [-0.1, -0.05) is 6.07 Å². The molecule has 27 heavy (non-hydrogen) atoms. The predicted molar refractivity (Wildman–Crippen MR) is 98.4 cm³/mol. The highest BCUT2D eigenvalue weighted by atomic mass is 16.7. The smallest absolute Gasteiger partial charge is 0.254 e. The van der Waals surface area contributed by atoms with Crippen molar-refractivity contribution >= 4 is 17.5 Å². The fraction of sp³-hybridized carbons (Fsp3) is 0.316. The maximum atomic E-state index is 12.8. The molecular weight excluding hydrogens is 346 g/mol. The summed E-state index contributed by atoms with van der Waals surface area (Å²) in [5.74, 6) is 2.16. The van der Waals surface area contributed by atoms with Crippen LogP contribution in [0.2, 0.25) is 0 Å². The van der Waals surface area contributed by atoms with E-state index in [1.54, 1.807) is 18.2 Å². The number of nitrogens with zero attached hydrogens (tertiary/aromatic N) is 5. The molecule has 2 aliphatic heterocycles. The van der Waals surface area contributed by atoms with Crippen LogP contribution in [0.3, 0.4) is 0 Å². The highest BCUT2D eigenvalue weighted by Gasteiger charge is 2.26. The van der Waals surface area contributed by atoms with E-state index in [9.17, 15) is 4.79 Å². The van der Waals surface area contributed by atoms with Gasteiger partial charge in [0.1, 0.15) is 0 Å². The van der Waals surface area contributed by atoms with Crippen molar-refractivity contribution < 1.29 is 14.3 Å². The van der Waals surface area contributed by atoms with Gasteiger partial charge in [0.05, 0.1) is 0 Å². The number of rotatable bonds is 2. The Kier molecular flexibility index (Phi) is 3.63. The summed E-state index contributed by atoms with van der Waals surface area (Å²) in [6.07, 6.45) is 0. The Morgan fingerprint density at radius 1 is 1.00 bits per heavy atom. The van der Waals surface area contributed by atoms with Crippen LogP contribution >= 0.6 is 0 Å². The van der Waals surface area contributed by atoms with E-state index in [1.807, 2.05) is 30.0 Å². The van der Waals surface area contributed by atoms with Crippen LogP contribution in [-0.4, -0.2) is 58.4 Å². The monoisotopic (exact) mass is 365 g/mol. The van der Waals surface area contributed by atoms with Crippen molar-refractivity contribution in [2.24, 2.45) is 0 Å². The number of fused-ring (bicyclic) bond motifs is 2. The molecule has 1 amide bonds. The molecule has 0 radical (unpaired) electrons. The SMILES string of the molecule is Cc1cccc2nnc(N3CCN(C(=O)c4ccc5c(c4)OCO5)CC3)n12. The van der Waals surface area contributed by atoms with Crippen molar-refractivity contribution in [3.63, 3.8) is 0 Å². The molecule has 3 aromatic rings. The standard InChI is InChI=1S/C19H19N5O3/c1-13-3-2-4-17-20-21-19(24(13)17)23-9-7-22(8-10-23)18(25)14-5-6-15-16(11-14)27-12-26-15/h2-6,11H,7-10,12H2,1H3. The van der Waals surface area contributed by atoms with Crippen molar-refractivity contribution in [3.8, 4) is 11.5 Å². The molecule has 4 heterocycles. The van der Waals surface area contributed by atoms with Crippen LogP contribution < -0.4 is 14.4 Å². The van der Waals surface area contributed by atoms with Crippen LogP contribution in [0.15, 0.2) is 36.4 Å². The molecule has 2 aromatic heterocycles. The summed E-state index contributed by atoms with van der Waals surface area (Å²) in [4.78, 5) is 16.9. The Morgan fingerprint density at radius 2 is 1.81 bits per heavy atom. The van der Waals surface area contributed by atoms with Crippen molar-refractivity contribution in [2.45, 2.75) is 6.92 Å². The molecule has 2 aliphatic rings. The van der Waals surface area contributed by atoms with E-state index in [-0.39, 0.29) is 12.7 Å². The highest BCUT2D eigenvalue weighted by molar-refractivity contribution is 5.95. The lowest BCUT2D eigenvalue weighted by molar-refractivity contribution is 0.0745. The fourth-order valence-corrected chi connectivity index (χ4v) is 3.61. The van der Waals surface area contributed by atoms with Gasteiger partial charge in [0.15, 0.2) is 17.1 Å². The number of benzene rings is 1. The topological polar surface area (TPSA) is 72.2 Å². The number of hydrogen-bond donors (Lipinski definition) is 0. The minimum absolute atomic E-state index is 0.00947. The number of amides is 1. The van der Waals surface area contributed by atoms with E-state index >= 15 is 0 Å². The number of anilines is 1. The van der Waals surface area contributed by atoms with E-state index < -0.39 is 0 Å². The summed E-state index contributed by atoms with van der Waals surface area (Å²) < 4.78 is 12.7. The number of carbonyl (C=O) groups is 1. The number of carbonyl (C=O) groups excluding carboxylic acids is 1. The molecule has 0 bridgehead atoms. The molecule has 8 heteroatoms. The fourth-order valence-electron chi connectivity index (χ4n) is 3.61. The molecule has 1 saturated heterocycles. The van der Waals surface area contributed by atoms with Crippen LogP contribution in [0.5, 0.6) is 11.5 Å². The van der Waals surface area contributed by atoms with Crippen LogP contribution in [0.1, 0.15) is 16.1 Å². The van der Waals surface area contributed by atoms with E-state index in [2.05, 4.69) is 19.5 Å². The largest absolute Gasteiger partial charge is 0.454 e. The molecule has 1 aromatic carbocycles. The molecule has 0 aliphatic carbocycles. The first-order chi connectivity index (χ1) is 13.2. The molecule has 0 unspecified atom stereocenters. The number of aryl methyl sites for hydroxylation is 1. The van der Waals surface area contributed by atoms with E-state index in [0.29, 0.717) is 43.2 Å². The third kappa shape index (κ3) is 2.64. The molecule has 5 rings (SSSR count). The number of pyridine rings is 1. The van der Waals surface area contributed by atoms with Gasteiger partial charge >= 0.3 is 0 Å². The Labute approximate surface area is 155 Å². The van der Waals surface area contributed by atoms with E-state index in [1.165, 1.54) is 0 Å². The van der Waals surface area contributed by atoms with Crippen LogP contribution in [0.4, 0.5) is 5.95 Å². The number of hydrogen-bond acceptors (Lipinski definition) is 6. The second-order valence-electron chi connectivity index (χ2n) is 6.71. The quantitative estimate of drug-likeness (QED) is 0.689. The lowest BCUT2D eigenvalue weighted by Gasteiger charge is -2.34. The van der Waals surface area contributed by atoms with E-state index in [4.69, 9.17) is 9.47 Å². The molecular formula is C19H19N5O3. The molecule has 8 nitrogen and oxygen atoms in total. The lowest BCUT2D eigenvalue weighted by Crippen LogP contribution is -2.49. The average molecular weight is 365 g/mol. The van der Waals surface area contributed by atoms with Gasteiger partial charge in [0, 0.05) is 37.4 Å². The zero-order valence-corrected chi connectivity index (χ0v) is 15.0. The van der Waals surface area contributed by atoms with Gasteiger partial charge in [0.2, 0.25) is 12.7 Å². The molecule has 138 valence electrons. The molecule has 0 saturated carbocycles. The molecule has 1 fully saturated rings. The van der Waals surface area contributed by atoms with Gasteiger partial charge in [-0.3, -0.25) is 9.20 Å². The Bertz CT molecular complexity index is 1020. The number of ether oxygens (including phenoxy) is 2. The van der Waals surface area contributed by atoms with Crippen molar-refractivity contribution in [3.05, 3.63) is 47.7 Å². The Balaban J connectivity index is 1.32. The molecule has 0 atom stereocenters. The lowest BCUT2D eigenvalue weighted by atomic mass is 10.1. The third-order valence-corrected chi connectivity index (χ3v) is 5.08. The normalized spacial score (nSPS) is 16.2. The average Bonchev–Trinajstić information content (AvgIpc) is 3.34. The van der Waals surface area contributed by atoms with Crippen LogP contribution in [-0.2, 0) is 0 Å². The Morgan fingerprint density at radius 3 is 2.67 bits per heavy atom. The van der Waals surface area contributed by atoms with Gasteiger partial charge in [-0.25, -0.2) is 0 Å². The predicted octanol–water partition coefficient (Wildman–Crippen LogP) is 1.73. The number of piperazine rings is 1. The van der Waals surface area contributed by atoms with Crippen LogP contribution in [0.25, 0.3) is 5.65 Å². The van der Waals surface area contributed by atoms with Gasteiger partial charge in [0.25, 0.3) is 5.91 Å². The molecule has 0 N–H and O–H groups in total. The third-order valence-electron chi connectivity index (χ3n) is 5.08. The zero-order valence-electron chi connectivity index (χ0n) is 15.0. The second kappa shape index (κ2) is 6.15. The first-order valence-electron chi connectivity index (χ1n) is 8.95. The van der Waals surface area contributed by atoms with E-state index in [0.717, 1.165) is 17.3 Å². The Hall–Kier alpha value is -3.29. The first-order valence-corrected chi connectivity index (χ1v) is 8.95. The zero-order chi connectivity index (χ0) is 18.4. The summed E-state index contributed by atoms with van der Waals surface area (Å²) in [6, 6.07) is 11.3. The van der Waals surface area contributed by atoms with Gasteiger partial charge in [-0.15, -0.1) is 10.2 Å². The first kappa shape index (κ1) is 15.9. The number of aromatic nitrogens is 3. The summed E-state index contributed by atoms with van der Waals surface area (Å²) >= 11 is 0. The van der Waals surface area contributed by atoms with Gasteiger partial charge < -0.3 is 19.3 Å². The summed E-state index contributed by atoms with van der Waals surface area (Å²) in [7, 11) is 0. The van der Waals surface area contributed by atoms with Crippen molar-refractivity contribution in [2.75, 3.05) is 37.9 Å². The van der Waals surface area contributed by atoms with Gasteiger partial charge in [-0.05, 0) is 37.3 Å². The summed E-state index contributed by atoms with van der Waals surface area (Å²) in [5.41, 5.74) is 2.55. The molecule has 0 spiro atoms. The highest BCUT2D eigenvalue weighted by Crippen LogP contribution is 2.33. The minimum Gasteiger partial charge on any atom is -0.454 e. The maximum Gasteiger partial charge on any atom is 0.254 e. The van der Waals surface area contributed by atoms with Crippen molar-refractivity contribution in [1.82, 2.24) is 19.5 Å². The van der Waals surface area contributed by atoms with Gasteiger partial charge in [-0.2, -0.15) is 0 Å². The maximum absolute atomic E-state index is 12.8. The summed E-state index contributed by atoms with van der Waals surface area (Å²) in [5, 5.41) is 8.61. The van der Waals surface area contributed by atoms with Crippen LogP contribution in [0, 0.1) is 6.92 Å².